The van der Waals surface area contributed by atoms with Gasteiger partial charge in [-0.05, 0) is 66.2 Å². The van der Waals surface area contributed by atoms with E-state index >= 15 is 0 Å². The molecule has 194 valence electrons. The van der Waals surface area contributed by atoms with Gasteiger partial charge in [0.05, 0.1) is 31.0 Å². The highest BCUT2D eigenvalue weighted by Crippen LogP contribution is 2.52. The third-order valence-electron chi connectivity index (χ3n) is 7.46. The Labute approximate surface area is 203 Å². The molecule has 9 nitrogen and oxygen atoms in total. The van der Waals surface area contributed by atoms with Gasteiger partial charge in [-0.2, -0.15) is 0 Å². The number of alkyl carbamates (subject to hydrolysis) is 1. The molecule has 34 heavy (non-hydrogen) atoms. The van der Waals surface area contributed by atoms with Gasteiger partial charge in [-0.25, -0.2) is 4.79 Å². The molecule has 4 N–H and O–H groups in total. The van der Waals surface area contributed by atoms with Crippen LogP contribution < -0.4 is 16.4 Å². The number of allylic oxidation sites excluding steroid dienone is 1. The Bertz CT molecular complexity index is 739. The highest BCUT2D eigenvalue weighted by Gasteiger charge is 2.64. The van der Waals surface area contributed by atoms with E-state index in [0.717, 1.165) is 32.1 Å². The molecule has 3 aliphatic rings. The van der Waals surface area contributed by atoms with E-state index < -0.39 is 11.7 Å². The van der Waals surface area contributed by atoms with Gasteiger partial charge in [-0.3, -0.25) is 4.79 Å². The molecular weight excluding hydrogens is 438 g/mol. The molecule has 1 heterocycles. The molecule has 3 fully saturated rings. The number of hydrogen-bond donors (Lipinski definition) is 3. The SMILES string of the molecule is COC1C(OC(=O)NC2CCC(NC(=O)CN)CC2)CC[C@]2(CO2)C1C(C)(C)OCC=C(C)C. The van der Waals surface area contributed by atoms with Gasteiger partial charge in [0.2, 0.25) is 5.91 Å². The zero-order chi connectivity index (χ0) is 24.9. The largest absolute Gasteiger partial charge is 0.443 e. The number of ether oxygens (including phenoxy) is 4. The maximum atomic E-state index is 12.8. The number of nitrogens with two attached hydrogens (primary N) is 1. The summed E-state index contributed by atoms with van der Waals surface area (Å²) in [5, 5.41) is 5.93. The Morgan fingerprint density at radius 3 is 2.26 bits per heavy atom. The second-order valence-corrected chi connectivity index (χ2v) is 10.7. The smallest absolute Gasteiger partial charge is 0.407 e. The normalized spacial score (nSPS) is 33.2. The van der Waals surface area contributed by atoms with Crippen LogP contribution >= 0.6 is 0 Å². The molecule has 4 atom stereocenters. The molecule has 0 aromatic carbocycles. The molecule has 0 radical (unpaired) electrons. The Kier molecular flexibility index (Phi) is 9.00. The van der Waals surface area contributed by atoms with Gasteiger partial charge in [-0.15, -0.1) is 0 Å². The first kappa shape index (κ1) is 26.9. The number of methoxy groups -OCH3 is 1. The number of epoxide rings is 1. The van der Waals surface area contributed by atoms with Crippen LogP contribution in [0.4, 0.5) is 4.79 Å². The predicted molar refractivity (Wildman–Crippen MR) is 128 cm³/mol. The topological polar surface area (TPSA) is 124 Å². The van der Waals surface area contributed by atoms with E-state index in [1.807, 2.05) is 13.8 Å². The van der Waals surface area contributed by atoms with Crippen molar-refractivity contribution in [3.8, 4) is 0 Å². The van der Waals surface area contributed by atoms with Crippen molar-refractivity contribution in [3.05, 3.63) is 11.6 Å². The van der Waals surface area contributed by atoms with Crippen LogP contribution in [0.1, 0.15) is 66.2 Å². The average molecular weight is 482 g/mol. The van der Waals surface area contributed by atoms with Crippen molar-refractivity contribution >= 4 is 12.0 Å². The van der Waals surface area contributed by atoms with Crippen molar-refractivity contribution < 1.29 is 28.5 Å². The summed E-state index contributed by atoms with van der Waals surface area (Å²) in [4.78, 5) is 24.3. The number of carbonyl (C=O) groups excluding carboxylic acids is 2. The van der Waals surface area contributed by atoms with Gasteiger partial charge in [0.15, 0.2) is 0 Å². The van der Waals surface area contributed by atoms with Crippen molar-refractivity contribution in [1.29, 1.82) is 0 Å². The first-order valence-corrected chi connectivity index (χ1v) is 12.5. The number of hydrogen-bond acceptors (Lipinski definition) is 7. The van der Waals surface area contributed by atoms with Crippen LogP contribution in [0.2, 0.25) is 0 Å². The number of rotatable bonds is 9. The van der Waals surface area contributed by atoms with Crippen molar-refractivity contribution in [2.75, 3.05) is 26.9 Å². The van der Waals surface area contributed by atoms with E-state index in [1.165, 1.54) is 5.57 Å². The van der Waals surface area contributed by atoms with E-state index in [1.54, 1.807) is 7.11 Å². The lowest BCUT2D eigenvalue weighted by molar-refractivity contribution is -0.172. The molecule has 2 saturated carbocycles. The molecule has 3 rings (SSSR count). The van der Waals surface area contributed by atoms with E-state index in [4.69, 9.17) is 24.7 Å². The zero-order valence-corrected chi connectivity index (χ0v) is 21.4. The van der Waals surface area contributed by atoms with Gasteiger partial charge in [0.1, 0.15) is 12.2 Å². The lowest BCUT2D eigenvalue weighted by Crippen LogP contribution is -2.59. The Hall–Kier alpha value is -1.68. The monoisotopic (exact) mass is 481 g/mol. The molecule has 1 aliphatic heterocycles. The molecule has 2 amide bonds. The summed E-state index contributed by atoms with van der Waals surface area (Å²) in [5.74, 6) is -0.206. The maximum Gasteiger partial charge on any atom is 0.407 e. The standard InChI is InChI=1S/C25H43N3O6/c1-16(2)11-13-32-24(3,4)22-21(31-5)19(10-12-25(22)15-33-25)34-23(30)28-18-8-6-17(7-9-18)27-20(29)14-26/h11,17-19,21-22H,6-10,12-15,26H2,1-5H3,(H,27,29)(H,28,30)/t17?,18?,19?,21?,22?,25-/m0/s1. The van der Waals surface area contributed by atoms with Crippen LogP contribution in [0.15, 0.2) is 11.6 Å². The summed E-state index contributed by atoms with van der Waals surface area (Å²) < 4.78 is 24.1. The minimum Gasteiger partial charge on any atom is -0.443 e. The second-order valence-electron chi connectivity index (χ2n) is 10.7. The summed E-state index contributed by atoms with van der Waals surface area (Å²) in [6.07, 6.45) is 5.60. The fourth-order valence-corrected chi connectivity index (χ4v) is 5.60. The molecule has 9 heteroatoms. The molecular formula is C25H43N3O6. The third kappa shape index (κ3) is 6.71. The highest BCUT2D eigenvalue weighted by molar-refractivity contribution is 5.78. The van der Waals surface area contributed by atoms with Crippen molar-refractivity contribution in [3.63, 3.8) is 0 Å². The minimum absolute atomic E-state index is 0.00330. The van der Waals surface area contributed by atoms with Crippen LogP contribution in [0.3, 0.4) is 0 Å². The van der Waals surface area contributed by atoms with Crippen molar-refractivity contribution in [2.45, 2.75) is 102 Å². The van der Waals surface area contributed by atoms with E-state index in [0.29, 0.717) is 19.6 Å². The molecule has 1 spiro atoms. The highest BCUT2D eigenvalue weighted by atomic mass is 16.6. The van der Waals surface area contributed by atoms with E-state index in [-0.39, 0.29) is 48.3 Å². The number of nitrogens with one attached hydrogen (secondary N) is 2. The van der Waals surface area contributed by atoms with Crippen LogP contribution in [0, 0.1) is 5.92 Å². The average Bonchev–Trinajstić information content (AvgIpc) is 3.55. The van der Waals surface area contributed by atoms with Crippen LogP contribution in [0.5, 0.6) is 0 Å². The van der Waals surface area contributed by atoms with Crippen LogP contribution in [-0.4, -0.2) is 74.4 Å². The molecule has 0 aromatic rings. The van der Waals surface area contributed by atoms with Gasteiger partial charge >= 0.3 is 6.09 Å². The maximum absolute atomic E-state index is 12.8. The third-order valence-corrected chi connectivity index (χ3v) is 7.46. The second kappa shape index (κ2) is 11.4. The summed E-state index contributed by atoms with van der Waals surface area (Å²) in [7, 11) is 1.66. The Morgan fingerprint density at radius 2 is 1.74 bits per heavy atom. The van der Waals surface area contributed by atoms with Gasteiger partial charge in [-0.1, -0.05) is 11.6 Å². The minimum atomic E-state index is -0.520. The fourth-order valence-electron chi connectivity index (χ4n) is 5.60. The Balaban J connectivity index is 1.56. The zero-order valence-electron chi connectivity index (χ0n) is 21.4. The quantitative estimate of drug-likeness (QED) is 0.341. The van der Waals surface area contributed by atoms with Gasteiger partial charge < -0.3 is 35.3 Å². The molecule has 2 aliphatic carbocycles. The van der Waals surface area contributed by atoms with Crippen LogP contribution in [-0.2, 0) is 23.7 Å². The van der Waals surface area contributed by atoms with E-state index in [2.05, 4.69) is 30.6 Å². The molecule has 0 bridgehead atoms. The van der Waals surface area contributed by atoms with Crippen LogP contribution in [0.25, 0.3) is 0 Å². The van der Waals surface area contributed by atoms with Crippen molar-refractivity contribution in [2.24, 2.45) is 11.7 Å². The lowest BCUT2D eigenvalue weighted by atomic mass is 9.68. The Morgan fingerprint density at radius 1 is 1.12 bits per heavy atom. The molecule has 1 saturated heterocycles. The first-order chi connectivity index (χ1) is 16.1. The fraction of sp³-hybridized carbons (Fsp3) is 0.840. The summed E-state index contributed by atoms with van der Waals surface area (Å²) >= 11 is 0. The summed E-state index contributed by atoms with van der Waals surface area (Å²) in [5.41, 5.74) is 5.78. The van der Waals surface area contributed by atoms with Gasteiger partial charge in [0, 0.05) is 25.1 Å². The number of amides is 2. The molecule has 0 aromatic heterocycles. The van der Waals surface area contributed by atoms with Crippen molar-refractivity contribution in [1.82, 2.24) is 10.6 Å². The summed E-state index contributed by atoms with van der Waals surface area (Å²) in [6, 6.07) is 0.145. The summed E-state index contributed by atoms with van der Waals surface area (Å²) in [6.45, 7) is 9.41. The van der Waals surface area contributed by atoms with Gasteiger partial charge in [0.25, 0.3) is 0 Å². The first-order valence-electron chi connectivity index (χ1n) is 12.5. The predicted octanol–water partition coefficient (Wildman–Crippen LogP) is 2.42. The molecule has 3 unspecified atom stereocenters. The lowest BCUT2D eigenvalue weighted by Gasteiger charge is -2.47. The number of carbonyl (C=O) groups is 2. The van der Waals surface area contributed by atoms with E-state index in [9.17, 15) is 9.59 Å².